The lowest BCUT2D eigenvalue weighted by Crippen LogP contribution is -2.55. The van der Waals surface area contributed by atoms with Crippen molar-refractivity contribution >= 4 is 56.1 Å². The minimum atomic E-state index is -3.48. The Labute approximate surface area is 182 Å². The summed E-state index contributed by atoms with van der Waals surface area (Å²) < 4.78 is 29.4. The summed E-state index contributed by atoms with van der Waals surface area (Å²) in [6, 6.07) is 2.72. The molecule has 1 fully saturated rings. The standard InChI is InChI=1S/C18H21ClN4O3S3/c19-12-8-14(16(24)21-9-11-4-7-27-23-11)28-15(12)13-10-29(25,26)18(17(20)22-13)5-2-1-3-6-18/h4,7-8,13H,1-3,5-6,9-10H2,(H2,20,22)(H,21,24)/t13-/m0/s1. The molecule has 3 heterocycles. The van der Waals surface area contributed by atoms with Gasteiger partial charge in [-0.25, -0.2) is 8.42 Å². The van der Waals surface area contributed by atoms with Crippen molar-refractivity contribution in [1.29, 1.82) is 0 Å². The predicted octanol–water partition coefficient (Wildman–Crippen LogP) is 3.32. The van der Waals surface area contributed by atoms with Gasteiger partial charge in [-0.1, -0.05) is 30.9 Å². The number of nitrogens with one attached hydrogen (secondary N) is 1. The molecular weight excluding hydrogens is 452 g/mol. The SMILES string of the molecule is NC1=N[C@H](c2sc(C(=O)NCc3ccsn3)cc2Cl)CS(=O)(=O)C12CCCCC2. The van der Waals surface area contributed by atoms with Gasteiger partial charge in [0.15, 0.2) is 9.84 Å². The largest absolute Gasteiger partial charge is 0.386 e. The number of amides is 1. The summed E-state index contributed by atoms with van der Waals surface area (Å²) in [4.78, 5) is 18.0. The zero-order valence-electron chi connectivity index (χ0n) is 15.6. The summed E-state index contributed by atoms with van der Waals surface area (Å²) in [5.41, 5.74) is 6.99. The molecule has 1 amide bonds. The van der Waals surface area contributed by atoms with Crippen LogP contribution in [0.25, 0.3) is 0 Å². The minimum Gasteiger partial charge on any atom is -0.386 e. The number of carbonyl (C=O) groups excluding carboxylic acids is 1. The fraction of sp³-hybridized carbons (Fsp3) is 0.500. The summed E-state index contributed by atoms with van der Waals surface area (Å²) in [5.74, 6) is -0.226. The fourth-order valence-corrected chi connectivity index (χ4v) is 8.31. The van der Waals surface area contributed by atoms with E-state index in [1.165, 1.54) is 11.5 Å². The lowest BCUT2D eigenvalue weighted by molar-refractivity contribution is 0.0954. The molecule has 3 N–H and O–H groups in total. The molecular formula is C18H21ClN4O3S3. The van der Waals surface area contributed by atoms with Crippen LogP contribution in [0.5, 0.6) is 0 Å². The second-order valence-corrected chi connectivity index (χ2v) is 11.9. The van der Waals surface area contributed by atoms with Gasteiger partial charge in [0.05, 0.1) is 27.9 Å². The number of halogens is 1. The van der Waals surface area contributed by atoms with Gasteiger partial charge < -0.3 is 11.1 Å². The monoisotopic (exact) mass is 472 g/mol. The first-order chi connectivity index (χ1) is 13.8. The van der Waals surface area contributed by atoms with Crippen LogP contribution in [-0.4, -0.2) is 35.0 Å². The molecule has 1 aliphatic carbocycles. The Morgan fingerprint density at radius 1 is 1.34 bits per heavy atom. The van der Waals surface area contributed by atoms with Crippen molar-refractivity contribution in [1.82, 2.24) is 9.69 Å². The van der Waals surface area contributed by atoms with E-state index < -0.39 is 20.6 Å². The molecule has 2 aromatic heterocycles. The van der Waals surface area contributed by atoms with Crippen LogP contribution in [0.1, 0.15) is 58.4 Å². The third kappa shape index (κ3) is 3.83. The van der Waals surface area contributed by atoms with Crippen LogP contribution in [0.3, 0.4) is 0 Å². The van der Waals surface area contributed by atoms with Crippen molar-refractivity contribution < 1.29 is 13.2 Å². The number of carbonyl (C=O) groups is 1. The van der Waals surface area contributed by atoms with Crippen LogP contribution >= 0.6 is 34.5 Å². The predicted molar refractivity (Wildman–Crippen MR) is 117 cm³/mol. The van der Waals surface area contributed by atoms with E-state index in [1.807, 2.05) is 11.4 Å². The van der Waals surface area contributed by atoms with Gasteiger partial charge in [0.2, 0.25) is 0 Å². The van der Waals surface area contributed by atoms with E-state index in [0.29, 0.717) is 34.2 Å². The number of hydrogen-bond acceptors (Lipinski definition) is 8. The third-order valence-corrected chi connectivity index (χ3v) is 10.4. The Bertz CT molecular complexity index is 1040. The summed E-state index contributed by atoms with van der Waals surface area (Å²) >= 11 is 8.83. The Morgan fingerprint density at radius 2 is 2.10 bits per heavy atom. The Morgan fingerprint density at radius 3 is 2.76 bits per heavy atom. The van der Waals surface area contributed by atoms with Crippen molar-refractivity contribution in [2.45, 2.75) is 49.4 Å². The van der Waals surface area contributed by atoms with Gasteiger partial charge in [-0.05, 0) is 36.5 Å². The fourth-order valence-electron chi connectivity index (χ4n) is 3.98. The molecule has 1 aliphatic heterocycles. The topological polar surface area (TPSA) is 115 Å². The molecule has 156 valence electrons. The highest BCUT2D eigenvalue weighted by Gasteiger charge is 2.51. The summed E-state index contributed by atoms with van der Waals surface area (Å²) in [6.07, 6.45) is 3.75. The van der Waals surface area contributed by atoms with Gasteiger partial charge in [0.1, 0.15) is 16.6 Å². The molecule has 0 bridgehead atoms. The average Bonchev–Trinajstić information content (AvgIpc) is 3.34. The van der Waals surface area contributed by atoms with Crippen LogP contribution in [0.2, 0.25) is 5.02 Å². The van der Waals surface area contributed by atoms with Crippen LogP contribution in [0.4, 0.5) is 0 Å². The Kier molecular flexibility index (Phi) is 5.71. The summed E-state index contributed by atoms with van der Waals surface area (Å²) in [5, 5.41) is 4.97. The van der Waals surface area contributed by atoms with Gasteiger partial charge in [0.25, 0.3) is 5.91 Å². The van der Waals surface area contributed by atoms with Gasteiger partial charge in [0, 0.05) is 10.3 Å². The number of nitrogens with zero attached hydrogens (tertiary/aromatic N) is 2. The number of aliphatic imine (C=N–C) groups is 1. The molecule has 4 rings (SSSR count). The number of amidine groups is 1. The molecule has 0 saturated heterocycles. The maximum Gasteiger partial charge on any atom is 0.261 e. The first-order valence-electron chi connectivity index (χ1n) is 9.35. The molecule has 11 heteroatoms. The number of aromatic nitrogens is 1. The Hall–Kier alpha value is -1.49. The highest BCUT2D eigenvalue weighted by atomic mass is 35.5. The van der Waals surface area contributed by atoms with Crippen LogP contribution in [0, 0.1) is 0 Å². The normalized spacial score (nSPS) is 22.9. The van der Waals surface area contributed by atoms with Gasteiger partial charge in [-0.15, -0.1) is 11.3 Å². The van der Waals surface area contributed by atoms with Crippen molar-refractivity contribution in [3.05, 3.63) is 38.0 Å². The maximum absolute atomic E-state index is 13.2. The van der Waals surface area contributed by atoms with Crippen molar-refractivity contribution in [2.75, 3.05) is 5.75 Å². The zero-order valence-corrected chi connectivity index (χ0v) is 18.8. The molecule has 1 atom stereocenters. The molecule has 2 aliphatic rings. The summed E-state index contributed by atoms with van der Waals surface area (Å²) in [6.45, 7) is 0.318. The second kappa shape index (κ2) is 7.98. The number of sulfone groups is 1. The number of hydrogen-bond donors (Lipinski definition) is 2. The summed E-state index contributed by atoms with van der Waals surface area (Å²) in [7, 11) is -3.48. The number of rotatable bonds is 4. The van der Waals surface area contributed by atoms with Crippen LogP contribution in [-0.2, 0) is 16.4 Å². The molecule has 0 unspecified atom stereocenters. The molecule has 7 nitrogen and oxygen atoms in total. The van der Waals surface area contributed by atoms with E-state index in [2.05, 4.69) is 14.7 Å². The molecule has 1 saturated carbocycles. The molecule has 29 heavy (non-hydrogen) atoms. The zero-order chi connectivity index (χ0) is 20.6. The van der Waals surface area contributed by atoms with Crippen molar-refractivity contribution in [2.24, 2.45) is 10.7 Å². The third-order valence-electron chi connectivity index (χ3n) is 5.56. The van der Waals surface area contributed by atoms with E-state index in [9.17, 15) is 13.2 Å². The minimum absolute atomic E-state index is 0.131. The molecule has 1 spiro atoms. The average molecular weight is 473 g/mol. The maximum atomic E-state index is 13.2. The number of nitrogens with two attached hydrogens (primary N) is 1. The van der Waals surface area contributed by atoms with E-state index in [1.54, 1.807) is 6.07 Å². The van der Waals surface area contributed by atoms with E-state index in [0.717, 1.165) is 36.3 Å². The lowest BCUT2D eigenvalue weighted by Gasteiger charge is -2.40. The van der Waals surface area contributed by atoms with E-state index in [4.69, 9.17) is 17.3 Å². The quantitative estimate of drug-likeness (QED) is 0.708. The smallest absolute Gasteiger partial charge is 0.261 e. The highest BCUT2D eigenvalue weighted by molar-refractivity contribution is 7.93. The van der Waals surface area contributed by atoms with E-state index >= 15 is 0 Å². The highest BCUT2D eigenvalue weighted by Crippen LogP contribution is 2.44. The molecule has 2 aromatic rings. The molecule has 0 radical (unpaired) electrons. The lowest BCUT2D eigenvalue weighted by atomic mass is 9.87. The van der Waals surface area contributed by atoms with Gasteiger partial charge in [-0.2, -0.15) is 4.37 Å². The van der Waals surface area contributed by atoms with Gasteiger partial charge >= 0.3 is 0 Å². The Balaban J connectivity index is 1.57. The van der Waals surface area contributed by atoms with Crippen LogP contribution < -0.4 is 11.1 Å². The van der Waals surface area contributed by atoms with Crippen molar-refractivity contribution in [3.63, 3.8) is 0 Å². The molecule has 0 aromatic carbocycles. The second-order valence-electron chi connectivity index (χ2n) is 7.36. The van der Waals surface area contributed by atoms with Crippen LogP contribution in [0.15, 0.2) is 22.5 Å². The first-order valence-corrected chi connectivity index (χ1v) is 13.0. The van der Waals surface area contributed by atoms with E-state index in [-0.39, 0.29) is 17.5 Å². The van der Waals surface area contributed by atoms with Crippen molar-refractivity contribution in [3.8, 4) is 0 Å². The number of thiophene rings is 1. The first kappa shape index (κ1) is 20.8. The van der Waals surface area contributed by atoms with Gasteiger partial charge in [-0.3, -0.25) is 9.79 Å².